The molecular formula is C30H24Cl3N3O5S. The van der Waals surface area contributed by atoms with Crippen molar-refractivity contribution in [2.75, 3.05) is 11.9 Å². The molecule has 0 aliphatic carbocycles. The number of rotatable bonds is 11. The molecule has 3 aromatic carbocycles. The number of hydrogen-bond acceptors (Lipinski definition) is 6. The van der Waals surface area contributed by atoms with Gasteiger partial charge in [0.25, 0.3) is 5.91 Å². The Kier molecular flexibility index (Phi) is 10.3. The summed E-state index contributed by atoms with van der Waals surface area (Å²) in [6.45, 7) is 2.19. The third kappa shape index (κ3) is 7.94. The predicted molar refractivity (Wildman–Crippen MR) is 163 cm³/mol. The molecule has 0 spiro atoms. The molecule has 0 bridgehead atoms. The highest BCUT2D eigenvalue weighted by Gasteiger charge is 2.26. The molecule has 4 rings (SSSR count). The van der Waals surface area contributed by atoms with Crippen LogP contribution in [0.15, 0.2) is 93.7 Å². The summed E-state index contributed by atoms with van der Waals surface area (Å²) in [7, 11) is -4.01. The Morgan fingerprint density at radius 3 is 2.33 bits per heavy atom. The fraction of sp³-hybridized carbons (Fsp3) is 0.133. The van der Waals surface area contributed by atoms with Gasteiger partial charge in [-0.15, -0.1) is 0 Å². The molecule has 42 heavy (non-hydrogen) atoms. The average Bonchev–Trinajstić information content (AvgIpc) is 3.41. The van der Waals surface area contributed by atoms with E-state index in [4.69, 9.17) is 44.0 Å². The molecule has 0 atom stereocenters. The number of nitrogens with one attached hydrogen (secondary N) is 1. The standard InChI is InChI=1S/C30H24Cl3N3O5S/c1-2-40-24-8-6-23(7-9-24)35-30(37)21(17-34)16-25-10-11-26(41-25)19-36(18-20-3-14-28(32)29(33)15-20)42(38,39)27-12-4-22(31)5-13-27/h3-16H,2,18-19H2,1H3,(H,35,37)/b21-16-. The number of ether oxygens (including phenoxy) is 1. The summed E-state index contributed by atoms with van der Waals surface area (Å²) < 4.78 is 39.7. The quantitative estimate of drug-likeness (QED) is 0.133. The summed E-state index contributed by atoms with van der Waals surface area (Å²) in [6, 6.07) is 22.4. The van der Waals surface area contributed by atoms with E-state index in [1.54, 1.807) is 54.6 Å². The van der Waals surface area contributed by atoms with Gasteiger partial charge in [-0.1, -0.05) is 40.9 Å². The number of amides is 1. The Balaban J connectivity index is 1.56. The number of nitriles is 1. The Bertz CT molecular complexity index is 1750. The van der Waals surface area contributed by atoms with E-state index in [1.165, 1.54) is 34.6 Å². The van der Waals surface area contributed by atoms with Crippen molar-refractivity contribution in [3.05, 3.63) is 117 Å². The molecule has 0 saturated heterocycles. The van der Waals surface area contributed by atoms with Crippen molar-refractivity contribution in [1.29, 1.82) is 5.26 Å². The normalized spacial score (nSPS) is 11.8. The van der Waals surface area contributed by atoms with E-state index in [-0.39, 0.29) is 40.1 Å². The summed E-state index contributed by atoms with van der Waals surface area (Å²) in [5.41, 5.74) is 0.882. The maximum absolute atomic E-state index is 13.6. The highest BCUT2D eigenvalue weighted by Crippen LogP contribution is 2.27. The van der Waals surface area contributed by atoms with E-state index in [2.05, 4.69) is 5.32 Å². The van der Waals surface area contributed by atoms with Gasteiger partial charge in [-0.05, 0) is 85.3 Å². The van der Waals surface area contributed by atoms with Crippen molar-refractivity contribution in [3.8, 4) is 11.8 Å². The van der Waals surface area contributed by atoms with Crippen LogP contribution in [0.25, 0.3) is 6.08 Å². The van der Waals surface area contributed by atoms with E-state index < -0.39 is 15.9 Å². The summed E-state index contributed by atoms with van der Waals surface area (Å²) in [4.78, 5) is 12.8. The first-order chi connectivity index (χ1) is 20.1. The number of nitrogens with zero attached hydrogens (tertiary/aromatic N) is 2. The lowest BCUT2D eigenvalue weighted by atomic mass is 10.2. The topological polar surface area (TPSA) is 113 Å². The third-order valence-corrected chi connectivity index (χ3v) is 8.68. The number of halogens is 3. The van der Waals surface area contributed by atoms with E-state index in [1.807, 2.05) is 13.0 Å². The van der Waals surface area contributed by atoms with Crippen LogP contribution in [0.4, 0.5) is 5.69 Å². The molecule has 0 saturated carbocycles. The maximum Gasteiger partial charge on any atom is 0.266 e. The minimum atomic E-state index is -4.01. The maximum atomic E-state index is 13.6. The van der Waals surface area contributed by atoms with E-state index in [9.17, 15) is 18.5 Å². The molecule has 8 nitrogen and oxygen atoms in total. The van der Waals surface area contributed by atoms with Gasteiger partial charge in [-0.2, -0.15) is 9.57 Å². The lowest BCUT2D eigenvalue weighted by molar-refractivity contribution is -0.112. The summed E-state index contributed by atoms with van der Waals surface area (Å²) in [5.74, 6) is 0.497. The zero-order valence-corrected chi connectivity index (χ0v) is 25.3. The van der Waals surface area contributed by atoms with Crippen LogP contribution < -0.4 is 10.1 Å². The minimum Gasteiger partial charge on any atom is -0.494 e. The molecule has 216 valence electrons. The molecule has 1 N–H and O–H groups in total. The number of carbonyl (C=O) groups is 1. The van der Waals surface area contributed by atoms with Crippen LogP contribution in [-0.4, -0.2) is 25.2 Å². The smallest absolute Gasteiger partial charge is 0.266 e. The van der Waals surface area contributed by atoms with Crippen LogP contribution in [0.1, 0.15) is 24.0 Å². The molecule has 1 heterocycles. The number of anilines is 1. The van der Waals surface area contributed by atoms with Crippen molar-refractivity contribution in [1.82, 2.24) is 4.31 Å². The summed E-state index contributed by atoms with van der Waals surface area (Å²) in [5, 5.41) is 13.3. The van der Waals surface area contributed by atoms with E-state index in [0.717, 1.165) is 0 Å². The van der Waals surface area contributed by atoms with Crippen LogP contribution >= 0.6 is 34.8 Å². The monoisotopic (exact) mass is 643 g/mol. The second-order valence-corrected chi connectivity index (χ2v) is 12.0. The van der Waals surface area contributed by atoms with Gasteiger partial charge in [0.05, 0.1) is 28.1 Å². The second-order valence-electron chi connectivity index (χ2n) is 8.86. The van der Waals surface area contributed by atoms with Crippen LogP contribution in [0.2, 0.25) is 15.1 Å². The number of sulfonamides is 1. The van der Waals surface area contributed by atoms with Crippen LogP contribution in [0, 0.1) is 11.3 Å². The van der Waals surface area contributed by atoms with Crippen molar-refractivity contribution in [2.45, 2.75) is 24.9 Å². The van der Waals surface area contributed by atoms with Gasteiger partial charge in [0.1, 0.15) is 28.9 Å². The lowest BCUT2D eigenvalue weighted by Crippen LogP contribution is -2.30. The fourth-order valence-corrected chi connectivity index (χ4v) is 5.69. The molecule has 1 aromatic heterocycles. The second kappa shape index (κ2) is 13.9. The van der Waals surface area contributed by atoms with E-state index in [0.29, 0.717) is 33.7 Å². The lowest BCUT2D eigenvalue weighted by Gasteiger charge is -2.22. The molecule has 4 aromatic rings. The third-order valence-electron chi connectivity index (χ3n) is 5.88. The van der Waals surface area contributed by atoms with Gasteiger partial charge in [0.15, 0.2) is 0 Å². The summed E-state index contributed by atoms with van der Waals surface area (Å²) in [6.07, 6.45) is 1.28. The first-order valence-electron chi connectivity index (χ1n) is 12.5. The molecule has 0 fully saturated rings. The van der Waals surface area contributed by atoms with Crippen molar-refractivity contribution in [2.24, 2.45) is 0 Å². The Hall–Kier alpha value is -3.78. The number of furan rings is 1. The fourth-order valence-electron chi connectivity index (χ4n) is 3.84. The molecule has 12 heteroatoms. The van der Waals surface area contributed by atoms with Crippen molar-refractivity contribution >= 4 is 62.5 Å². The Labute approximate surface area is 258 Å². The van der Waals surface area contributed by atoms with Gasteiger partial charge >= 0.3 is 0 Å². The SMILES string of the molecule is CCOc1ccc(NC(=O)/C(C#N)=C\c2ccc(CN(Cc3ccc(Cl)c(Cl)c3)S(=O)(=O)c3ccc(Cl)cc3)o2)cc1. The number of benzene rings is 3. The molecule has 0 radical (unpaired) electrons. The van der Waals surface area contributed by atoms with E-state index >= 15 is 0 Å². The first-order valence-corrected chi connectivity index (χ1v) is 15.1. The van der Waals surface area contributed by atoms with Crippen LogP contribution in [-0.2, 0) is 27.9 Å². The van der Waals surface area contributed by atoms with Gasteiger partial charge in [0, 0.05) is 23.3 Å². The first kappa shape index (κ1) is 31.2. The minimum absolute atomic E-state index is 0.0383. The highest BCUT2D eigenvalue weighted by atomic mass is 35.5. The highest BCUT2D eigenvalue weighted by molar-refractivity contribution is 7.89. The molecule has 0 aliphatic rings. The largest absolute Gasteiger partial charge is 0.494 e. The van der Waals surface area contributed by atoms with Gasteiger partial charge in [0.2, 0.25) is 10.0 Å². The molecule has 0 unspecified atom stereocenters. The van der Waals surface area contributed by atoms with Crippen molar-refractivity contribution < 1.29 is 22.4 Å². The number of carbonyl (C=O) groups excluding carboxylic acids is 1. The molecule has 0 aliphatic heterocycles. The zero-order valence-electron chi connectivity index (χ0n) is 22.2. The van der Waals surface area contributed by atoms with Crippen LogP contribution in [0.3, 0.4) is 0 Å². The Morgan fingerprint density at radius 1 is 0.976 bits per heavy atom. The zero-order chi connectivity index (χ0) is 30.3. The summed E-state index contributed by atoms with van der Waals surface area (Å²) >= 11 is 18.2. The average molecular weight is 645 g/mol. The van der Waals surface area contributed by atoms with Crippen molar-refractivity contribution in [3.63, 3.8) is 0 Å². The molecule has 1 amide bonds. The predicted octanol–water partition coefficient (Wildman–Crippen LogP) is 7.58. The van der Waals surface area contributed by atoms with Gasteiger partial charge in [-0.25, -0.2) is 8.42 Å². The Morgan fingerprint density at radius 2 is 1.69 bits per heavy atom. The molecular weight excluding hydrogens is 621 g/mol. The van der Waals surface area contributed by atoms with Gasteiger partial charge < -0.3 is 14.5 Å². The van der Waals surface area contributed by atoms with Crippen LogP contribution in [0.5, 0.6) is 5.75 Å². The number of hydrogen-bond donors (Lipinski definition) is 1. The van der Waals surface area contributed by atoms with Gasteiger partial charge in [-0.3, -0.25) is 4.79 Å².